The topological polar surface area (TPSA) is 70.7 Å². The molecule has 1 unspecified atom stereocenters. The summed E-state index contributed by atoms with van der Waals surface area (Å²) < 4.78 is 1.02. The van der Waals surface area contributed by atoms with Crippen LogP contribution in [0.5, 0.6) is 0 Å². The van der Waals surface area contributed by atoms with Gasteiger partial charge in [-0.15, -0.1) is 11.3 Å². The van der Waals surface area contributed by atoms with Crippen LogP contribution in [-0.4, -0.2) is 21.1 Å². The molecule has 0 radical (unpaired) electrons. The molecule has 3 aromatic rings. The van der Waals surface area contributed by atoms with Gasteiger partial charge in [-0.05, 0) is 25.1 Å². The summed E-state index contributed by atoms with van der Waals surface area (Å²) in [5.41, 5.74) is 4.30. The Bertz CT molecular complexity index is 704. The molecule has 0 saturated carbocycles. The monoisotopic (exact) mass is 272 g/mol. The van der Waals surface area contributed by atoms with Crippen LogP contribution in [0.2, 0.25) is 0 Å². The van der Waals surface area contributed by atoms with Gasteiger partial charge in [-0.2, -0.15) is 5.10 Å². The third-order valence-electron chi connectivity index (χ3n) is 2.96. The highest BCUT2D eigenvalue weighted by Gasteiger charge is 2.12. The van der Waals surface area contributed by atoms with Gasteiger partial charge in [0, 0.05) is 17.3 Å². The predicted octanol–water partition coefficient (Wildman–Crippen LogP) is 2.51. The van der Waals surface area contributed by atoms with Crippen molar-refractivity contribution < 1.29 is 4.79 Å². The Balaban J connectivity index is 1.79. The molecule has 5 nitrogen and oxygen atoms in total. The van der Waals surface area contributed by atoms with Gasteiger partial charge in [0.15, 0.2) is 0 Å². The Kier molecular flexibility index (Phi) is 3.00. The number of fused-ring (bicyclic) bond motifs is 1. The molecule has 3 rings (SSSR count). The molecule has 0 aliphatic heterocycles. The molecule has 1 amide bonds. The van der Waals surface area contributed by atoms with Crippen molar-refractivity contribution in [3.63, 3.8) is 0 Å². The molecule has 0 spiro atoms. The van der Waals surface area contributed by atoms with Crippen molar-refractivity contribution in [3.8, 4) is 0 Å². The molecule has 0 saturated heterocycles. The van der Waals surface area contributed by atoms with E-state index in [4.69, 9.17) is 0 Å². The average molecular weight is 272 g/mol. The largest absolute Gasteiger partial charge is 0.345 e. The molecule has 6 heteroatoms. The van der Waals surface area contributed by atoms with Crippen LogP contribution in [-0.2, 0) is 0 Å². The minimum atomic E-state index is -0.0935. The van der Waals surface area contributed by atoms with Gasteiger partial charge in [-0.25, -0.2) is 4.98 Å². The number of nitrogens with one attached hydrogen (secondary N) is 2. The van der Waals surface area contributed by atoms with Crippen LogP contribution in [0.3, 0.4) is 0 Å². The van der Waals surface area contributed by atoms with E-state index in [9.17, 15) is 4.79 Å². The molecule has 2 heterocycles. The lowest BCUT2D eigenvalue weighted by atomic mass is 10.1. The van der Waals surface area contributed by atoms with Crippen LogP contribution in [0.15, 0.2) is 36.1 Å². The number of H-pyrrole nitrogens is 1. The second-order valence-corrected chi connectivity index (χ2v) is 5.15. The molecule has 19 heavy (non-hydrogen) atoms. The summed E-state index contributed by atoms with van der Waals surface area (Å²) in [6, 6.07) is 5.44. The minimum absolute atomic E-state index is 0.0802. The summed E-state index contributed by atoms with van der Waals surface area (Å²) in [4.78, 5) is 16.4. The zero-order valence-electron chi connectivity index (χ0n) is 10.3. The first kappa shape index (κ1) is 11.9. The van der Waals surface area contributed by atoms with E-state index in [2.05, 4.69) is 20.5 Å². The van der Waals surface area contributed by atoms with Gasteiger partial charge >= 0.3 is 0 Å². The quantitative estimate of drug-likeness (QED) is 0.769. The Hall–Kier alpha value is -2.21. The smallest absolute Gasteiger partial charge is 0.251 e. The molecule has 1 atom stereocenters. The van der Waals surface area contributed by atoms with Crippen molar-refractivity contribution in [2.45, 2.75) is 13.0 Å². The number of hydrogen-bond donors (Lipinski definition) is 2. The fraction of sp³-hybridized carbons (Fsp3) is 0.154. The number of aromatic nitrogens is 3. The van der Waals surface area contributed by atoms with E-state index < -0.39 is 0 Å². The molecular weight excluding hydrogens is 260 g/mol. The van der Waals surface area contributed by atoms with Crippen LogP contribution >= 0.6 is 11.3 Å². The molecule has 1 aromatic carbocycles. The number of aromatic amines is 1. The third-order valence-corrected chi connectivity index (χ3v) is 3.75. The molecule has 0 fully saturated rings. The molecule has 2 aromatic heterocycles. The molecule has 96 valence electrons. The van der Waals surface area contributed by atoms with Gasteiger partial charge in [-0.1, -0.05) is 0 Å². The molecule has 2 N–H and O–H groups in total. The van der Waals surface area contributed by atoms with Crippen molar-refractivity contribution in [3.05, 3.63) is 47.2 Å². The van der Waals surface area contributed by atoms with Gasteiger partial charge in [0.25, 0.3) is 5.91 Å². The number of thiazole rings is 1. The number of rotatable bonds is 3. The first-order valence-corrected chi connectivity index (χ1v) is 6.75. The summed E-state index contributed by atoms with van der Waals surface area (Å²) in [6.07, 6.45) is 3.48. The van der Waals surface area contributed by atoms with Crippen molar-refractivity contribution >= 4 is 27.5 Å². The number of carbonyl (C=O) groups is 1. The van der Waals surface area contributed by atoms with Gasteiger partial charge < -0.3 is 5.32 Å². The van der Waals surface area contributed by atoms with Crippen LogP contribution in [0.4, 0.5) is 0 Å². The van der Waals surface area contributed by atoms with E-state index >= 15 is 0 Å². The van der Waals surface area contributed by atoms with Crippen LogP contribution in [0, 0.1) is 0 Å². The first-order valence-electron chi connectivity index (χ1n) is 5.87. The SMILES string of the molecule is CC(NC(=O)c1ccc2ncsc2c1)c1cn[nH]c1. The van der Waals surface area contributed by atoms with Gasteiger partial charge in [0.1, 0.15) is 0 Å². The normalized spacial score (nSPS) is 12.5. The number of nitrogens with zero attached hydrogens (tertiary/aromatic N) is 2. The van der Waals surface area contributed by atoms with E-state index in [0.29, 0.717) is 5.56 Å². The summed E-state index contributed by atoms with van der Waals surface area (Å²) in [6.45, 7) is 1.92. The van der Waals surface area contributed by atoms with E-state index in [1.807, 2.05) is 19.1 Å². The summed E-state index contributed by atoms with van der Waals surface area (Å²) in [7, 11) is 0. The highest BCUT2D eigenvalue weighted by molar-refractivity contribution is 7.16. The Labute approximate surface area is 113 Å². The van der Waals surface area contributed by atoms with Crippen LogP contribution in [0.1, 0.15) is 28.9 Å². The number of benzene rings is 1. The standard InChI is InChI=1S/C13H12N4OS/c1-8(10-5-15-16-6-10)17-13(18)9-2-3-11-12(4-9)19-7-14-11/h2-8H,1H3,(H,15,16)(H,17,18). The Morgan fingerprint density at radius 3 is 3.16 bits per heavy atom. The summed E-state index contributed by atoms with van der Waals surface area (Å²) in [5.74, 6) is -0.0935. The lowest BCUT2D eigenvalue weighted by Gasteiger charge is -2.11. The van der Waals surface area contributed by atoms with Gasteiger partial charge in [0.05, 0.1) is 28.0 Å². The number of amides is 1. The minimum Gasteiger partial charge on any atom is -0.345 e. The van der Waals surface area contributed by atoms with Crippen molar-refractivity contribution in [2.24, 2.45) is 0 Å². The lowest BCUT2D eigenvalue weighted by Crippen LogP contribution is -2.26. The third kappa shape index (κ3) is 2.34. The van der Waals surface area contributed by atoms with Crippen molar-refractivity contribution in [1.82, 2.24) is 20.5 Å². The fourth-order valence-electron chi connectivity index (χ4n) is 1.86. The van der Waals surface area contributed by atoms with Gasteiger partial charge in [-0.3, -0.25) is 9.89 Å². The van der Waals surface area contributed by atoms with Gasteiger partial charge in [0.2, 0.25) is 0 Å². The maximum atomic E-state index is 12.2. The molecule has 0 aliphatic rings. The van der Waals surface area contributed by atoms with Crippen molar-refractivity contribution in [1.29, 1.82) is 0 Å². The second-order valence-electron chi connectivity index (χ2n) is 4.26. The maximum absolute atomic E-state index is 12.2. The van der Waals surface area contributed by atoms with Crippen molar-refractivity contribution in [2.75, 3.05) is 0 Å². The average Bonchev–Trinajstić information content (AvgIpc) is 3.09. The number of hydrogen-bond acceptors (Lipinski definition) is 4. The van der Waals surface area contributed by atoms with Crippen LogP contribution < -0.4 is 5.32 Å². The fourth-order valence-corrected chi connectivity index (χ4v) is 2.57. The summed E-state index contributed by atoms with van der Waals surface area (Å²) >= 11 is 1.53. The lowest BCUT2D eigenvalue weighted by molar-refractivity contribution is 0.0940. The number of carbonyl (C=O) groups excluding carboxylic acids is 1. The zero-order chi connectivity index (χ0) is 13.2. The predicted molar refractivity (Wildman–Crippen MR) is 74.1 cm³/mol. The van der Waals surface area contributed by atoms with E-state index in [-0.39, 0.29) is 11.9 Å². The van der Waals surface area contributed by atoms with E-state index in [0.717, 1.165) is 15.8 Å². The Morgan fingerprint density at radius 2 is 2.37 bits per heavy atom. The highest BCUT2D eigenvalue weighted by Crippen LogP contribution is 2.19. The van der Waals surface area contributed by atoms with E-state index in [1.165, 1.54) is 11.3 Å². The van der Waals surface area contributed by atoms with Crippen LogP contribution in [0.25, 0.3) is 10.2 Å². The molecule has 0 bridgehead atoms. The highest BCUT2D eigenvalue weighted by atomic mass is 32.1. The maximum Gasteiger partial charge on any atom is 0.251 e. The zero-order valence-corrected chi connectivity index (χ0v) is 11.1. The molecular formula is C13H12N4OS. The summed E-state index contributed by atoms with van der Waals surface area (Å²) in [5, 5.41) is 9.55. The first-order chi connectivity index (χ1) is 9.24. The van der Waals surface area contributed by atoms with E-state index in [1.54, 1.807) is 24.0 Å². The molecule has 0 aliphatic carbocycles. The second kappa shape index (κ2) is 4.81. The Morgan fingerprint density at radius 1 is 1.47 bits per heavy atom.